The number of hydrogen-bond donors (Lipinski definition) is 0. The van der Waals surface area contributed by atoms with Crippen LogP contribution in [0.1, 0.15) is 42.3 Å². The summed E-state index contributed by atoms with van der Waals surface area (Å²) >= 11 is 7.98. The highest BCUT2D eigenvalue weighted by molar-refractivity contribution is 7.21. The molecule has 0 spiro atoms. The Hall–Kier alpha value is -1.26. The molecule has 5 heteroatoms. The maximum atomic E-state index is 12.9. The molecular weight excluding hydrogens is 318 g/mol. The molecule has 2 heterocycles. The molecule has 2 aromatic rings. The van der Waals surface area contributed by atoms with Crippen molar-refractivity contribution in [3.8, 4) is 5.75 Å². The molecule has 1 aliphatic heterocycles. The average molecular weight is 338 g/mol. The van der Waals surface area contributed by atoms with Crippen molar-refractivity contribution in [3.05, 3.63) is 28.1 Å². The summed E-state index contributed by atoms with van der Waals surface area (Å²) < 4.78 is 6.28. The van der Waals surface area contributed by atoms with Gasteiger partial charge in [0.15, 0.2) is 0 Å². The van der Waals surface area contributed by atoms with Crippen molar-refractivity contribution >= 4 is 38.9 Å². The molecule has 0 aliphatic carbocycles. The molecule has 0 N–H and O–H groups in total. The molecule has 22 heavy (non-hydrogen) atoms. The Morgan fingerprint density at radius 3 is 3.00 bits per heavy atom. The van der Waals surface area contributed by atoms with Crippen molar-refractivity contribution in [1.82, 2.24) is 4.90 Å². The van der Waals surface area contributed by atoms with Crippen LogP contribution in [-0.4, -0.2) is 30.5 Å². The molecule has 1 amide bonds. The minimum absolute atomic E-state index is 0.0803. The SMILES string of the molecule is CC[C@H]1CCCCN1C(=O)c1sc2ccc(OC)cc2c1Cl. The van der Waals surface area contributed by atoms with Gasteiger partial charge in [-0.2, -0.15) is 0 Å². The number of rotatable bonds is 3. The van der Waals surface area contributed by atoms with Crippen LogP contribution in [0.5, 0.6) is 5.75 Å². The molecule has 0 saturated carbocycles. The van der Waals surface area contributed by atoms with Crippen molar-refractivity contribution in [2.75, 3.05) is 13.7 Å². The van der Waals surface area contributed by atoms with Crippen molar-refractivity contribution in [2.45, 2.75) is 38.6 Å². The zero-order valence-electron chi connectivity index (χ0n) is 12.9. The van der Waals surface area contributed by atoms with Gasteiger partial charge in [0.25, 0.3) is 5.91 Å². The highest BCUT2D eigenvalue weighted by atomic mass is 35.5. The summed E-state index contributed by atoms with van der Waals surface area (Å²) in [5.74, 6) is 0.840. The van der Waals surface area contributed by atoms with Gasteiger partial charge in [0.1, 0.15) is 10.6 Å². The van der Waals surface area contributed by atoms with Crippen molar-refractivity contribution in [1.29, 1.82) is 0 Å². The maximum absolute atomic E-state index is 12.9. The zero-order valence-corrected chi connectivity index (χ0v) is 14.5. The molecule has 1 fully saturated rings. The number of nitrogens with zero attached hydrogens (tertiary/aromatic N) is 1. The fraction of sp³-hybridized carbons (Fsp3) is 0.471. The lowest BCUT2D eigenvalue weighted by Crippen LogP contribution is -2.43. The number of fused-ring (bicyclic) bond motifs is 1. The number of piperidine rings is 1. The van der Waals surface area contributed by atoms with Gasteiger partial charge in [-0.25, -0.2) is 0 Å². The Morgan fingerprint density at radius 2 is 2.27 bits per heavy atom. The minimum Gasteiger partial charge on any atom is -0.497 e. The van der Waals surface area contributed by atoms with E-state index in [1.165, 1.54) is 17.8 Å². The van der Waals surface area contributed by atoms with E-state index in [1.54, 1.807) is 7.11 Å². The number of thiophene rings is 1. The molecule has 1 aromatic heterocycles. The van der Waals surface area contributed by atoms with Gasteiger partial charge >= 0.3 is 0 Å². The van der Waals surface area contributed by atoms with Crippen molar-refractivity contribution in [2.24, 2.45) is 0 Å². The number of likely N-dealkylation sites (tertiary alicyclic amines) is 1. The van der Waals surface area contributed by atoms with E-state index in [1.807, 2.05) is 23.1 Å². The van der Waals surface area contributed by atoms with Crippen LogP contribution >= 0.6 is 22.9 Å². The van der Waals surface area contributed by atoms with E-state index in [9.17, 15) is 4.79 Å². The fourth-order valence-electron chi connectivity index (χ4n) is 3.13. The molecule has 3 rings (SSSR count). The van der Waals surface area contributed by atoms with E-state index in [4.69, 9.17) is 16.3 Å². The summed E-state index contributed by atoms with van der Waals surface area (Å²) in [6.07, 6.45) is 4.39. The summed E-state index contributed by atoms with van der Waals surface area (Å²) in [4.78, 5) is 15.6. The predicted octanol–water partition coefficient (Wildman–Crippen LogP) is 4.97. The molecule has 0 bridgehead atoms. The fourth-order valence-corrected chi connectivity index (χ4v) is 4.57. The lowest BCUT2D eigenvalue weighted by molar-refractivity contribution is 0.0613. The summed E-state index contributed by atoms with van der Waals surface area (Å²) in [7, 11) is 1.63. The highest BCUT2D eigenvalue weighted by Gasteiger charge is 2.29. The molecule has 118 valence electrons. The number of hydrogen-bond acceptors (Lipinski definition) is 3. The van der Waals surface area contributed by atoms with E-state index in [2.05, 4.69) is 6.92 Å². The number of amides is 1. The number of carbonyl (C=O) groups is 1. The van der Waals surface area contributed by atoms with Crippen LogP contribution in [0.15, 0.2) is 18.2 Å². The van der Waals surface area contributed by atoms with Gasteiger partial charge in [0.05, 0.1) is 12.1 Å². The Kier molecular flexibility index (Phi) is 4.59. The second-order valence-corrected chi connectivity index (χ2v) is 7.09. The number of halogens is 1. The van der Waals surface area contributed by atoms with Crippen molar-refractivity contribution < 1.29 is 9.53 Å². The number of carbonyl (C=O) groups excluding carboxylic acids is 1. The second kappa shape index (κ2) is 6.47. The van der Waals surface area contributed by atoms with Gasteiger partial charge in [0.2, 0.25) is 0 Å². The van der Waals surface area contributed by atoms with Crippen LogP contribution in [0.25, 0.3) is 10.1 Å². The van der Waals surface area contributed by atoms with Gasteiger partial charge in [0, 0.05) is 22.7 Å². The maximum Gasteiger partial charge on any atom is 0.265 e. The molecule has 1 atom stereocenters. The zero-order chi connectivity index (χ0) is 15.7. The molecule has 1 aromatic carbocycles. The Balaban J connectivity index is 1.98. The third-order valence-corrected chi connectivity index (χ3v) is 6.05. The molecule has 1 aliphatic rings. The first kappa shape index (κ1) is 15.6. The third-order valence-electron chi connectivity index (χ3n) is 4.39. The largest absolute Gasteiger partial charge is 0.497 e. The van der Waals surface area contributed by atoms with Crippen LogP contribution in [0.2, 0.25) is 5.02 Å². The van der Waals surface area contributed by atoms with Crippen LogP contribution in [0.3, 0.4) is 0 Å². The highest BCUT2D eigenvalue weighted by Crippen LogP contribution is 2.38. The van der Waals surface area contributed by atoms with E-state index in [-0.39, 0.29) is 5.91 Å². The quantitative estimate of drug-likeness (QED) is 0.791. The van der Waals surface area contributed by atoms with E-state index in [0.29, 0.717) is 15.9 Å². The van der Waals surface area contributed by atoms with E-state index in [0.717, 1.165) is 41.6 Å². The van der Waals surface area contributed by atoms with Gasteiger partial charge in [-0.1, -0.05) is 18.5 Å². The summed E-state index contributed by atoms with van der Waals surface area (Å²) in [6.45, 7) is 2.99. The van der Waals surface area contributed by atoms with Gasteiger partial charge in [-0.05, 0) is 43.9 Å². The van der Waals surface area contributed by atoms with Crippen LogP contribution < -0.4 is 4.74 Å². The minimum atomic E-state index is 0.0803. The molecular formula is C17H20ClNO2S. The average Bonchev–Trinajstić information content (AvgIpc) is 2.90. The molecule has 3 nitrogen and oxygen atoms in total. The molecule has 0 unspecified atom stereocenters. The third kappa shape index (κ3) is 2.70. The van der Waals surface area contributed by atoms with E-state index < -0.39 is 0 Å². The Labute approximate surface area is 139 Å². The Bertz CT molecular complexity index is 697. The Morgan fingerprint density at radius 1 is 1.45 bits per heavy atom. The van der Waals surface area contributed by atoms with Crippen molar-refractivity contribution in [3.63, 3.8) is 0 Å². The summed E-state index contributed by atoms with van der Waals surface area (Å²) in [5, 5.41) is 1.46. The lowest BCUT2D eigenvalue weighted by atomic mass is 10.00. The molecule has 1 saturated heterocycles. The first-order chi connectivity index (χ1) is 10.7. The second-order valence-electron chi connectivity index (χ2n) is 5.66. The normalized spacial score (nSPS) is 18.7. The summed E-state index contributed by atoms with van der Waals surface area (Å²) in [6, 6.07) is 6.11. The van der Waals surface area contributed by atoms with Gasteiger partial charge < -0.3 is 9.64 Å². The van der Waals surface area contributed by atoms with Crippen LogP contribution in [0.4, 0.5) is 0 Å². The monoisotopic (exact) mass is 337 g/mol. The van der Waals surface area contributed by atoms with Gasteiger partial charge in [-0.3, -0.25) is 4.79 Å². The standard InChI is InChI=1S/C17H20ClNO2S/c1-3-11-6-4-5-9-19(11)17(20)16-15(18)13-10-12(21-2)7-8-14(13)22-16/h7-8,10-11H,3-6,9H2,1-2H3/t11-/m0/s1. The van der Waals surface area contributed by atoms with E-state index >= 15 is 0 Å². The van der Waals surface area contributed by atoms with Crippen LogP contribution in [-0.2, 0) is 0 Å². The topological polar surface area (TPSA) is 29.5 Å². The molecule has 0 radical (unpaired) electrons. The lowest BCUT2D eigenvalue weighted by Gasteiger charge is -2.35. The smallest absolute Gasteiger partial charge is 0.265 e. The number of benzene rings is 1. The van der Waals surface area contributed by atoms with Crippen LogP contribution in [0, 0.1) is 0 Å². The first-order valence-electron chi connectivity index (χ1n) is 7.72. The predicted molar refractivity (Wildman–Crippen MR) is 92.4 cm³/mol. The number of ether oxygens (including phenoxy) is 1. The first-order valence-corrected chi connectivity index (χ1v) is 8.92. The number of methoxy groups -OCH3 is 1. The summed E-state index contributed by atoms with van der Waals surface area (Å²) in [5.41, 5.74) is 0. The van der Waals surface area contributed by atoms with Gasteiger partial charge in [-0.15, -0.1) is 11.3 Å².